The lowest BCUT2D eigenvalue weighted by Gasteiger charge is -2.09. The zero-order chi connectivity index (χ0) is 7.11. The highest BCUT2D eigenvalue weighted by molar-refractivity contribution is 4.76. The predicted molar refractivity (Wildman–Crippen MR) is 35.9 cm³/mol. The van der Waals surface area contributed by atoms with Crippen LogP contribution in [0, 0.1) is 6.42 Å². The first kappa shape index (κ1) is 8.88. The molecule has 3 N–H and O–H groups in total. The fourth-order valence-corrected chi connectivity index (χ4v) is 0.534. The van der Waals surface area contributed by atoms with Crippen molar-refractivity contribution in [1.82, 2.24) is 5.32 Å². The average Bonchev–Trinajstić information content (AvgIpc) is 1.85. The molecule has 0 aliphatic carbocycles. The van der Waals surface area contributed by atoms with Crippen LogP contribution in [0.5, 0.6) is 0 Å². The van der Waals surface area contributed by atoms with E-state index in [-0.39, 0.29) is 19.3 Å². The summed E-state index contributed by atoms with van der Waals surface area (Å²) in [5, 5.41) is 19.7. The smallest absolute Gasteiger partial charge is 0.0556 e. The Kier molecular flexibility index (Phi) is 5.93. The Morgan fingerprint density at radius 3 is 2.67 bits per heavy atom. The monoisotopic (exact) mass is 132 g/mol. The molecule has 0 bridgehead atoms. The first-order valence-corrected chi connectivity index (χ1v) is 3.09. The highest BCUT2D eigenvalue weighted by Crippen LogP contribution is 1.84. The lowest BCUT2D eigenvalue weighted by atomic mass is 10.2. The minimum absolute atomic E-state index is 0.0829. The molecule has 0 fully saturated rings. The Bertz CT molecular complexity index is 59.0. The zero-order valence-corrected chi connectivity index (χ0v) is 5.67. The van der Waals surface area contributed by atoms with Crippen molar-refractivity contribution < 1.29 is 10.2 Å². The van der Waals surface area contributed by atoms with Gasteiger partial charge in [0.25, 0.3) is 0 Å². The molecule has 9 heavy (non-hydrogen) atoms. The molecular weight excluding hydrogens is 118 g/mol. The van der Waals surface area contributed by atoms with Gasteiger partial charge in [0.15, 0.2) is 0 Å². The van der Waals surface area contributed by atoms with E-state index in [9.17, 15) is 0 Å². The van der Waals surface area contributed by atoms with E-state index in [1.807, 2.05) is 6.92 Å². The minimum Gasteiger partial charge on any atom is -0.396 e. The number of rotatable bonds is 5. The molecule has 0 amide bonds. The molecule has 0 saturated carbocycles. The molecule has 1 atom stereocenters. The number of hydrogen-bond donors (Lipinski definition) is 3. The molecule has 3 heteroatoms. The van der Waals surface area contributed by atoms with Crippen LogP contribution < -0.4 is 5.32 Å². The number of hydrogen-bond acceptors (Lipinski definition) is 3. The average molecular weight is 132 g/mol. The molecule has 0 aliphatic rings. The van der Waals surface area contributed by atoms with E-state index in [1.54, 1.807) is 6.42 Å². The van der Waals surface area contributed by atoms with Crippen molar-refractivity contribution in [3.63, 3.8) is 0 Å². The van der Waals surface area contributed by atoms with Gasteiger partial charge in [-0.25, -0.2) is 0 Å². The summed E-state index contributed by atoms with van der Waals surface area (Å²) in [6.45, 7) is 2.73. The molecule has 0 aromatic rings. The summed E-state index contributed by atoms with van der Waals surface area (Å²) < 4.78 is 0. The maximum absolute atomic E-state index is 8.38. The van der Waals surface area contributed by atoms with Crippen LogP contribution in [0.1, 0.15) is 6.92 Å². The summed E-state index contributed by atoms with van der Waals surface area (Å²) in [6.07, 6.45) is 1.73. The van der Waals surface area contributed by atoms with Gasteiger partial charge in [-0.1, -0.05) is 0 Å². The van der Waals surface area contributed by atoms with Gasteiger partial charge in [0, 0.05) is 25.6 Å². The molecular formula is C6H14NO2. The molecule has 0 heterocycles. The summed E-state index contributed by atoms with van der Waals surface area (Å²) in [6, 6.07) is 0.183. The van der Waals surface area contributed by atoms with Crippen LogP contribution in [-0.2, 0) is 0 Å². The fraction of sp³-hybridized carbons (Fsp3) is 0.833. The summed E-state index contributed by atoms with van der Waals surface area (Å²) in [4.78, 5) is 0. The Labute approximate surface area is 55.7 Å². The molecule has 0 saturated heterocycles. The predicted octanol–water partition coefficient (Wildman–Crippen LogP) is -0.847. The van der Waals surface area contributed by atoms with Crippen molar-refractivity contribution in [2.75, 3.05) is 19.8 Å². The molecule has 0 rings (SSSR count). The Balaban J connectivity index is 2.95. The normalized spacial score (nSPS) is 13.7. The van der Waals surface area contributed by atoms with Gasteiger partial charge < -0.3 is 15.5 Å². The Morgan fingerprint density at radius 1 is 1.56 bits per heavy atom. The molecule has 0 aromatic heterocycles. The van der Waals surface area contributed by atoms with E-state index in [0.29, 0.717) is 6.54 Å². The van der Waals surface area contributed by atoms with Crippen LogP contribution in [0.3, 0.4) is 0 Å². The molecule has 0 aromatic carbocycles. The van der Waals surface area contributed by atoms with Crippen molar-refractivity contribution in [3.8, 4) is 0 Å². The van der Waals surface area contributed by atoms with Crippen LogP contribution in [0.2, 0.25) is 0 Å². The molecule has 1 unspecified atom stereocenters. The molecule has 3 nitrogen and oxygen atoms in total. The van der Waals surface area contributed by atoms with Gasteiger partial charge in [-0.2, -0.15) is 0 Å². The quantitative estimate of drug-likeness (QED) is 0.457. The second kappa shape index (κ2) is 6.01. The maximum Gasteiger partial charge on any atom is 0.0556 e. The van der Waals surface area contributed by atoms with E-state index in [2.05, 4.69) is 5.32 Å². The van der Waals surface area contributed by atoms with E-state index >= 15 is 0 Å². The van der Waals surface area contributed by atoms with Crippen molar-refractivity contribution in [1.29, 1.82) is 0 Å². The highest BCUT2D eigenvalue weighted by Gasteiger charge is 1.96. The highest BCUT2D eigenvalue weighted by atomic mass is 16.3. The van der Waals surface area contributed by atoms with Gasteiger partial charge in [0.2, 0.25) is 0 Å². The van der Waals surface area contributed by atoms with Crippen LogP contribution in [0.4, 0.5) is 0 Å². The van der Waals surface area contributed by atoms with Crippen LogP contribution in [0.15, 0.2) is 0 Å². The summed E-state index contributed by atoms with van der Waals surface area (Å²) in [5.74, 6) is 0. The van der Waals surface area contributed by atoms with Crippen molar-refractivity contribution in [2.24, 2.45) is 0 Å². The van der Waals surface area contributed by atoms with E-state index in [0.717, 1.165) is 0 Å². The SMILES string of the molecule is CC([CH]CO)NCCO. The molecule has 1 radical (unpaired) electrons. The largest absolute Gasteiger partial charge is 0.396 e. The Hall–Kier alpha value is -0.120. The zero-order valence-electron chi connectivity index (χ0n) is 5.67. The molecule has 55 valence electrons. The third-order valence-electron chi connectivity index (χ3n) is 1.04. The van der Waals surface area contributed by atoms with Gasteiger partial charge in [0.1, 0.15) is 0 Å². The third-order valence-corrected chi connectivity index (χ3v) is 1.04. The number of aliphatic hydroxyl groups is 2. The van der Waals surface area contributed by atoms with E-state index in [4.69, 9.17) is 10.2 Å². The topological polar surface area (TPSA) is 52.5 Å². The van der Waals surface area contributed by atoms with Gasteiger partial charge in [0.05, 0.1) is 6.61 Å². The maximum atomic E-state index is 8.38. The van der Waals surface area contributed by atoms with Gasteiger partial charge in [-0.3, -0.25) is 0 Å². The summed E-state index contributed by atoms with van der Waals surface area (Å²) >= 11 is 0. The summed E-state index contributed by atoms with van der Waals surface area (Å²) in [7, 11) is 0. The van der Waals surface area contributed by atoms with Crippen molar-refractivity contribution in [3.05, 3.63) is 6.42 Å². The number of aliphatic hydroxyl groups excluding tert-OH is 2. The molecule has 0 aliphatic heterocycles. The van der Waals surface area contributed by atoms with Crippen LogP contribution in [-0.4, -0.2) is 36.0 Å². The lowest BCUT2D eigenvalue weighted by Crippen LogP contribution is -2.29. The van der Waals surface area contributed by atoms with Gasteiger partial charge in [-0.15, -0.1) is 0 Å². The van der Waals surface area contributed by atoms with Crippen LogP contribution >= 0.6 is 0 Å². The van der Waals surface area contributed by atoms with Crippen LogP contribution in [0.25, 0.3) is 0 Å². The van der Waals surface area contributed by atoms with Crippen molar-refractivity contribution in [2.45, 2.75) is 13.0 Å². The number of nitrogens with one attached hydrogen (secondary N) is 1. The first-order valence-electron chi connectivity index (χ1n) is 3.09. The second-order valence-corrected chi connectivity index (χ2v) is 1.88. The second-order valence-electron chi connectivity index (χ2n) is 1.88. The van der Waals surface area contributed by atoms with Crippen molar-refractivity contribution >= 4 is 0 Å². The Morgan fingerprint density at radius 2 is 2.22 bits per heavy atom. The molecule has 0 spiro atoms. The lowest BCUT2D eigenvalue weighted by molar-refractivity contribution is 0.280. The van der Waals surface area contributed by atoms with E-state index in [1.165, 1.54) is 0 Å². The van der Waals surface area contributed by atoms with Gasteiger partial charge >= 0.3 is 0 Å². The first-order chi connectivity index (χ1) is 4.31. The third kappa shape index (κ3) is 5.76. The fourth-order valence-electron chi connectivity index (χ4n) is 0.534. The van der Waals surface area contributed by atoms with E-state index < -0.39 is 0 Å². The summed E-state index contributed by atoms with van der Waals surface area (Å²) in [5.41, 5.74) is 0. The minimum atomic E-state index is 0.0829. The van der Waals surface area contributed by atoms with Gasteiger partial charge in [-0.05, 0) is 6.92 Å². The standard InChI is InChI=1S/C6H14NO2/c1-6(2-4-8)7-3-5-9/h2,6-9H,3-5H2,1H3.